The number of amides is 1. The summed E-state index contributed by atoms with van der Waals surface area (Å²) in [7, 11) is 0. The van der Waals surface area contributed by atoms with E-state index in [9.17, 15) is 9.59 Å². The molecular weight excluding hydrogens is 244 g/mol. The summed E-state index contributed by atoms with van der Waals surface area (Å²) in [5.74, 6) is -1.71. The first kappa shape index (κ1) is 13.4. The lowest BCUT2D eigenvalue weighted by molar-refractivity contribution is -0.140. The number of anilines is 1. The van der Waals surface area contributed by atoms with Crippen LogP contribution < -0.4 is 10.6 Å². The lowest BCUT2D eigenvalue weighted by Crippen LogP contribution is -2.31. The summed E-state index contributed by atoms with van der Waals surface area (Å²) < 4.78 is 0. The molecule has 0 fully saturated rings. The minimum atomic E-state index is -0.907. The summed E-state index contributed by atoms with van der Waals surface area (Å²) >= 11 is 0. The first-order valence-corrected chi connectivity index (χ1v) is 6.45. The van der Waals surface area contributed by atoms with E-state index in [0.29, 0.717) is 5.56 Å². The van der Waals surface area contributed by atoms with Crippen LogP contribution in [0.5, 0.6) is 0 Å². The van der Waals surface area contributed by atoms with E-state index in [0.717, 1.165) is 30.6 Å². The maximum absolute atomic E-state index is 11.9. The van der Waals surface area contributed by atoms with Crippen LogP contribution in [0.3, 0.4) is 0 Å². The van der Waals surface area contributed by atoms with Gasteiger partial charge in [-0.2, -0.15) is 0 Å². The number of nitrogens with one attached hydrogen (secondary N) is 2. The molecule has 1 aliphatic heterocycles. The highest BCUT2D eigenvalue weighted by Gasteiger charge is 2.15. The minimum absolute atomic E-state index is 0.142. The highest BCUT2D eigenvalue weighted by molar-refractivity contribution is 5.95. The zero-order chi connectivity index (χ0) is 13.8. The molecule has 102 valence electrons. The number of carbonyl (C=O) groups excluding carboxylic acids is 1. The van der Waals surface area contributed by atoms with Crippen LogP contribution in [0.15, 0.2) is 18.2 Å². The molecule has 3 N–H and O–H groups in total. The van der Waals surface area contributed by atoms with Crippen LogP contribution in [0.25, 0.3) is 0 Å². The van der Waals surface area contributed by atoms with Crippen molar-refractivity contribution >= 4 is 17.6 Å². The summed E-state index contributed by atoms with van der Waals surface area (Å²) in [4.78, 5) is 22.6. The number of carboxylic acid groups (broad SMARTS) is 1. The quantitative estimate of drug-likeness (QED) is 0.768. The first-order valence-electron chi connectivity index (χ1n) is 6.45. The van der Waals surface area contributed by atoms with E-state index in [-0.39, 0.29) is 12.5 Å². The number of carbonyl (C=O) groups is 2. The molecule has 0 aromatic heterocycles. The third-order valence-electron chi connectivity index (χ3n) is 3.30. The van der Waals surface area contributed by atoms with Crippen molar-refractivity contribution in [2.75, 3.05) is 18.4 Å². The number of carboxylic acids is 1. The fraction of sp³-hybridized carbons (Fsp3) is 0.429. The van der Waals surface area contributed by atoms with Crippen molar-refractivity contribution in [3.05, 3.63) is 29.3 Å². The molecule has 0 spiro atoms. The van der Waals surface area contributed by atoms with E-state index in [4.69, 9.17) is 5.11 Å². The van der Waals surface area contributed by atoms with Gasteiger partial charge in [-0.05, 0) is 36.6 Å². The van der Waals surface area contributed by atoms with E-state index in [2.05, 4.69) is 10.6 Å². The second-order valence-electron chi connectivity index (χ2n) is 4.85. The highest BCUT2D eigenvalue weighted by Crippen LogP contribution is 2.22. The van der Waals surface area contributed by atoms with Gasteiger partial charge in [0.2, 0.25) is 0 Å². The van der Waals surface area contributed by atoms with Gasteiger partial charge in [0.15, 0.2) is 0 Å². The van der Waals surface area contributed by atoms with Crippen LogP contribution in [0.2, 0.25) is 0 Å². The standard InChI is InChI=1S/C14H18N2O3/c1-9(14(18)19)8-16-13(17)11-4-5-12-10(7-11)3-2-6-15-12/h4-5,7,9,15H,2-3,6,8H2,1H3,(H,16,17)(H,18,19). The summed E-state index contributed by atoms with van der Waals surface area (Å²) in [6.07, 6.45) is 2.03. The van der Waals surface area contributed by atoms with E-state index in [1.807, 2.05) is 12.1 Å². The van der Waals surface area contributed by atoms with Crippen molar-refractivity contribution in [2.24, 2.45) is 5.92 Å². The van der Waals surface area contributed by atoms with Gasteiger partial charge in [0.25, 0.3) is 5.91 Å². The zero-order valence-corrected chi connectivity index (χ0v) is 10.9. The fourth-order valence-electron chi connectivity index (χ4n) is 2.05. The van der Waals surface area contributed by atoms with Crippen molar-refractivity contribution in [2.45, 2.75) is 19.8 Å². The van der Waals surface area contributed by atoms with Crippen LogP contribution in [0.4, 0.5) is 5.69 Å². The van der Waals surface area contributed by atoms with Gasteiger partial charge in [-0.3, -0.25) is 9.59 Å². The van der Waals surface area contributed by atoms with E-state index >= 15 is 0 Å². The molecule has 1 aliphatic rings. The lowest BCUT2D eigenvalue weighted by Gasteiger charge is -2.18. The van der Waals surface area contributed by atoms with Crippen molar-refractivity contribution < 1.29 is 14.7 Å². The van der Waals surface area contributed by atoms with Gasteiger partial charge in [0.05, 0.1) is 5.92 Å². The molecule has 1 aromatic carbocycles. The largest absolute Gasteiger partial charge is 0.481 e. The Bertz CT molecular complexity index is 499. The SMILES string of the molecule is CC(CNC(=O)c1ccc2c(c1)CCCN2)C(=O)O. The Morgan fingerprint density at radius 3 is 3.00 bits per heavy atom. The minimum Gasteiger partial charge on any atom is -0.481 e. The molecule has 0 aliphatic carbocycles. The topological polar surface area (TPSA) is 78.4 Å². The molecule has 0 bridgehead atoms. The highest BCUT2D eigenvalue weighted by atomic mass is 16.4. The molecule has 19 heavy (non-hydrogen) atoms. The Labute approximate surface area is 112 Å². The molecule has 2 rings (SSSR count). The van der Waals surface area contributed by atoms with Gasteiger partial charge in [-0.25, -0.2) is 0 Å². The number of benzene rings is 1. The number of fused-ring (bicyclic) bond motifs is 1. The van der Waals surface area contributed by atoms with Crippen LogP contribution in [0, 0.1) is 5.92 Å². The van der Waals surface area contributed by atoms with Crippen LogP contribution in [-0.4, -0.2) is 30.1 Å². The van der Waals surface area contributed by atoms with Gasteiger partial charge in [0.1, 0.15) is 0 Å². The van der Waals surface area contributed by atoms with Crippen molar-refractivity contribution in [3.8, 4) is 0 Å². The third-order valence-corrected chi connectivity index (χ3v) is 3.30. The van der Waals surface area contributed by atoms with Crippen LogP contribution in [0.1, 0.15) is 29.3 Å². The fourth-order valence-corrected chi connectivity index (χ4v) is 2.05. The van der Waals surface area contributed by atoms with Crippen molar-refractivity contribution in [1.29, 1.82) is 0 Å². The van der Waals surface area contributed by atoms with Gasteiger partial charge in [-0.1, -0.05) is 6.92 Å². The summed E-state index contributed by atoms with van der Waals surface area (Å²) in [5, 5.41) is 14.7. The molecule has 0 radical (unpaired) electrons. The van der Waals surface area contributed by atoms with Crippen molar-refractivity contribution in [1.82, 2.24) is 5.32 Å². The smallest absolute Gasteiger partial charge is 0.308 e. The molecule has 1 atom stereocenters. The normalized spacial score (nSPS) is 15.0. The number of aryl methyl sites for hydroxylation is 1. The summed E-state index contributed by atoms with van der Waals surface area (Å²) in [5.41, 5.74) is 2.81. The Morgan fingerprint density at radius 1 is 1.47 bits per heavy atom. The van der Waals surface area contributed by atoms with E-state index in [1.165, 1.54) is 0 Å². The molecule has 0 saturated carbocycles. The number of hydrogen-bond acceptors (Lipinski definition) is 3. The second-order valence-corrected chi connectivity index (χ2v) is 4.85. The van der Waals surface area contributed by atoms with Gasteiger partial charge < -0.3 is 15.7 Å². The molecular formula is C14H18N2O3. The van der Waals surface area contributed by atoms with Crippen LogP contribution >= 0.6 is 0 Å². The molecule has 1 heterocycles. The van der Waals surface area contributed by atoms with Crippen molar-refractivity contribution in [3.63, 3.8) is 0 Å². The Morgan fingerprint density at radius 2 is 2.26 bits per heavy atom. The maximum Gasteiger partial charge on any atom is 0.308 e. The summed E-state index contributed by atoms with van der Waals surface area (Å²) in [6.45, 7) is 2.68. The average molecular weight is 262 g/mol. The number of hydrogen-bond donors (Lipinski definition) is 3. The molecule has 0 saturated heterocycles. The van der Waals surface area contributed by atoms with Gasteiger partial charge >= 0.3 is 5.97 Å². The monoisotopic (exact) mass is 262 g/mol. The number of rotatable bonds is 4. The van der Waals surface area contributed by atoms with Gasteiger partial charge in [-0.15, -0.1) is 0 Å². The lowest BCUT2D eigenvalue weighted by atomic mass is 10.0. The Hall–Kier alpha value is -2.04. The predicted octanol–water partition coefficient (Wildman–Crippen LogP) is 1.50. The molecule has 5 nitrogen and oxygen atoms in total. The Kier molecular flexibility index (Phi) is 4.04. The molecule has 1 aromatic rings. The van der Waals surface area contributed by atoms with Gasteiger partial charge in [0, 0.05) is 24.3 Å². The predicted molar refractivity (Wildman–Crippen MR) is 72.4 cm³/mol. The molecule has 1 amide bonds. The second kappa shape index (κ2) is 5.73. The van der Waals surface area contributed by atoms with E-state index < -0.39 is 11.9 Å². The zero-order valence-electron chi connectivity index (χ0n) is 10.9. The molecule has 5 heteroatoms. The maximum atomic E-state index is 11.9. The molecule has 1 unspecified atom stereocenters. The Balaban J connectivity index is 2.01. The van der Waals surface area contributed by atoms with E-state index in [1.54, 1.807) is 13.0 Å². The summed E-state index contributed by atoms with van der Waals surface area (Å²) in [6, 6.07) is 5.55. The van der Waals surface area contributed by atoms with Crippen LogP contribution in [-0.2, 0) is 11.2 Å². The number of aliphatic carboxylic acids is 1. The average Bonchev–Trinajstić information content (AvgIpc) is 2.43. The first-order chi connectivity index (χ1) is 9.08. The third kappa shape index (κ3) is 3.24.